The predicted octanol–water partition coefficient (Wildman–Crippen LogP) is 5.30. The number of fused-ring (bicyclic) bond motifs is 2. The lowest BCUT2D eigenvalue weighted by atomic mass is 9.77. The van der Waals surface area contributed by atoms with Crippen LogP contribution in [0.2, 0.25) is 0 Å². The van der Waals surface area contributed by atoms with Crippen LogP contribution < -0.4 is 15.6 Å². The van der Waals surface area contributed by atoms with Crippen LogP contribution in [0, 0.1) is 34.8 Å². The summed E-state index contributed by atoms with van der Waals surface area (Å²) in [4.78, 5) is 34.2. The third kappa shape index (κ3) is 3.38. The summed E-state index contributed by atoms with van der Waals surface area (Å²) in [5.41, 5.74) is -0.496. The van der Waals surface area contributed by atoms with Crippen molar-refractivity contribution in [3.63, 3.8) is 0 Å². The van der Waals surface area contributed by atoms with E-state index in [0.29, 0.717) is 43.6 Å². The lowest BCUT2D eigenvalue weighted by Crippen LogP contribution is -2.46. The summed E-state index contributed by atoms with van der Waals surface area (Å²) in [6.07, 6.45) is 8.03. The van der Waals surface area contributed by atoms with Gasteiger partial charge in [0, 0.05) is 30.9 Å². The maximum Gasteiger partial charge on any atom is 0.257 e. The van der Waals surface area contributed by atoms with E-state index < -0.39 is 29.1 Å². The van der Waals surface area contributed by atoms with Gasteiger partial charge in [-0.3, -0.25) is 14.2 Å². The topological polar surface area (TPSA) is 67.2 Å². The molecule has 1 amide bonds. The highest BCUT2D eigenvalue weighted by Crippen LogP contribution is 2.79. The second-order valence-electron chi connectivity index (χ2n) is 12.9. The lowest BCUT2D eigenvalue weighted by Gasteiger charge is -2.34. The first-order valence-corrected chi connectivity index (χ1v) is 14.5. The van der Waals surface area contributed by atoms with Crippen molar-refractivity contribution in [1.82, 2.24) is 14.9 Å². The van der Waals surface area contributed by atoms with Crippen molar-refractivity contribution < 1.29 is 18.0 Å². The number of rotatable bonds is 4. The summed E-state index contributed by atoms with van der Waals surface area (Å²) in [6.45, 7) is 0.948. The van der Waals surface area contributed by atoms with Gasteiger partial charge in [-0.25, -0.2) is 18.2 Å². The van der Waals surface area contributed by atoms with Crippen LogP contribution in [0.3, 0.4) is 0 Å². The molecule has 1 spiro atoms. The zero-order chi connectivity index (χ0) is 27.4. The zero-order valence-corrected chi connectivity index (χ0v) is 22.1. The molecule has 6 nitrogen and oxygen atoms in total. The molecule has 4 aliphatic carbocycles. The molecule has 1 aromatic carbocycles. The molecule has 9 heteroatoms. The van der Waals surface area contributed by atoms with Gasteiger partial charge in [-0.1, -0.05) is 0 Å². The van der Waals surface area contributed by atoms with Gasteiger partial charge in [-0.05, 0) is 98.8 Å². The number of amides is 1. The fourth-order valence-corrected chi connectivity index (χ4v) is 9.08. The molecule has 5 unspecified atom stereocenters. The highest BCUT2D eigenvalue weighted by Gasteiger charge is 2.78. The number of nitrogens with one attached hydrogen (secondary N) is 1. The third-order valence-corrected chi connectivity index (χ3v) is 10.9. The number of nitrogens with zero attached hydrogens (tertiary/aromatic N) is 3. The van der Waals surface area contributed by atoms with E-state index in [-0.39, 0.29) is 33.2 Å². The monoisotopic (exact) mass is 548 g/mol. The van der Waals surface area contributed by atoms with Gasteiger partial charge < -0.3 is 10.2 Å². The summed E-state index contributed by atoms with van der Waals surface area (Å²) in [5.74, 6) is 0.589. The largest absolute Gasteiger partial charge is 0.356 e. The Bertz CT molecular complexity index is 1630. The molecule has 5 aliphatic rings. The van der Waals surface area contributed by atoms with Crippen LogP contribution in [0.15, 0.2) is 41.3 Å². The number of aromatic nitrogens is 2. The predicted molar refractivity (Wildman–Crippen MR) is 144 cm³/mol. The van der Waals surface area contributed by atoms with Crippen molar-refractivity contribution in [2.75, 3.05) is 18.0 Å². The molecule has 1 saturated heterocycles. The Kier molecular flexibility index (Phi) is 5.09. The Morgan fingerprint density at radius 3 is 2.70 bits per heavy atom. The fourth-order valence-electron chi connectivity index (χ4n) is 9.08. The van der Waals surface area contributed by atoms with E-state index in [0.717, 1.165) is 37.3 Å². The van der Waals surface area contributed by atoms with Crippen molar-refractivity contribution in [3.8, 4) is 5.69 Å². The van der Waals surface area contributed by atoms with Crippen molar-refractivity contribution in [2.24, 2.45) is 23.2 Å². The Labute approximate surface area is 229 Å². The average molecular weight is 549 g/mol. The quantitative estimate of drug-likeness (QED) is 0.481. The molecule has 4 saturated carbocycles. The van der Waals surface area contributed by atoms with Crippen LogP contribution in [0.5, 0.6) is 0 Å². The molecule has 208 valence electrons. The number of pyridine rings is 2. The normalized spacial score (nSPS) is 32.4. The molecule has 3 aromatic rings. The number of carbonyl (C=O) groups excluding carboxylic acids is 1. The van der Waals surface area contributed by atoms with E-state index in [1.54, 1.807) is 12.1 Å². The van der Waals surface area contributed by atoms with Crippen LogP contribution in [-0.2, 0) is 0 Å². The maximum absolute atomic E-state index is 15.1. The van der Waals surface area contributed by atoms with Gasteiger partial charge in [-0.2, -0.15) is 0 Å². The minimum absolute atomic E-state index is 0.0111. The Balaban J connectivity index is 1.22. The van der Waals surface area contributed by atoms with Crippen LogP contribution >= 0.6 is 0 Å². The first-order valence-electron chi connectivity index (χ1n) is 14.5. The molecule has 5 atom stereocenters. The molecule has 3 heterocycles. The summed E-state index contributed by atoms with van der Waals surface area (Å²) < 4.78 is 44.1. The van der Waals surface area contributed by atoms with Crippen LogP contribution in [-0.4, -0.2) is 40.3 Å². The summed E-state index contributed by atoms with van der Waals surface area (Å²) in [7, 11) is 0. The standard InChI is InChI=1S/C31H31F3N4O2/c32-19-6-9-37(10-7-19)26-4-2-21-27(39)22(15-38(28(21)35-26)25-3-1-20(33)13-24(25)34)29(40)36-31-14-17-11-18-5-8-30(31,16-31)23(18)12-17/h1-4,13,15,17-19,23H,5-12,14,16H2,(H,36,40). The molecule has 1 aliphatic heterocycles. The highest BCUT2D eigenvalue weighted by molar-refractivity contribution is 5.98. The van der Waals surface area contributed by atoms with Crippen LogP contribution in [0.25, 0.3) is 16.7 Å². The number of halogens is 3. The summed E-state index contributed by atoms with van der Waals surface area (Å²) in [5, 5.41) is 3.48. The van der Waals surface area contributed by atoms with Crippen molar-refractivity contribution in [3.05, 3.63) is 63.9 Å². The second-order valence-corrected chi connectivity index (χ2v) is 12.9. The van der Waals surface area contributed by atoms with Crippen molar-refractivity contribution >= 4 is 22.8 Å². The number of hydrogen-bond acceptors (Lipinski definition) is 4. The van der Waals surface area contributed by atoms with Crippen LogP contribution in [0.1, 0.15) is 61.7 Å². The van der Waals surface area contributed by atoms with E-state index in [2.05, 4.69) is 5.32 Å². The van der Waals surface area contributed by atoms with E-state index in [4.69, 9.17) is 4.98 Å². The van der Waals surface area contributed by atoms with Crippen molar-refractivity contribution in [1.29, 1.82) is 0 Å². The van der Waals surface area contributed by atoms with E-state index in [1.165, 1.54) is 36.1 Å². The van der Waals surface area contributed by atoms with Crippen LogP contribution in [0.4, 0.5) is 19.0 Å². The van der Waals surface area contributed by atoms with E-state index >= 15 is 4.39 Å². The number of carbonyl (C=O) groups is 1. The number of anilines is 1. The first-order chi connectivity index (χ1) is 19.3. The number of hydrogen-bond donors (Lipinski definition) is 1. The Hall–Kier alpha value is -3.36. The van der Waals surface area contributed by atoms with E-state index in [1.807, 2.05) is 4.90 Å². The zero-order valence-electron chi connectivity index (χ0n) is 22.1. The maximum atomic E-state index is 15.1. The van der Waals surface area contributed by atoms with Gasteiger partial charge in [0.2, 0.25) is 5.43 Å². The molecule has 5 fully saturated rings. The second kappa shape index (κ2) is 8.33. The molecule has 0 radical (unpaired) electrons. The molecule has 2 bridgehead atoms. The fraction of sp³-hybridized carbons (Fsp3) is 0.516. The minimum Gasteiger partial charge on any atom is -0.356 e. The van der Waals surface area contributed by atoms with Gasteiger partial charge in [0.1, 0.15) is 29.2 Å². The third-order valence-electron chi connectivity index (χ3n) is 10.9. The van der Waals surface area contributed by atoms with E-state index in [9.17, 15) is 18.4 Å². The average Bonchev–Trinajstić information content (AvgIpc) is 3.20. The lowest BCUT2D eigenvalue weighted by molar-refractivity contribution is 0.0880. The van der Waals surface area contributed by atoms with Gasteiger partial charge in [0.15, 0.2) is 5.65 Å². The van der Waals surface area contributed by atoms with Crippen molar-refractivity contribution in [2.45, 2.75) is 63.1 Å². The molecular weight excluding hydrogens is 517 g/mol. The summed E-state index contributed by atoms with van der Waals surface area (Å²) in [6, 6.07) is 6.50. The molecule has 2 aromatic heterocycles. The Morgan fingerprint density at radius 2 is 1.90 bits per heavy atom. The smallest absolute Gasteiger partial charge is 0.257 e. The Morgan fingerprint density at radius 1 is 1.07 bits per heavy atom. The number of piperidine rings is 1. The first kappa shape index (κ1) is 24.4. The molecular formula is C31H31F3N4O2. The minimum atomic E-state index is -0.858. The molecule has 40 heavy (non-hydrogen) atoms. The number of alkyl halides is 1. The molecule has 1 N–H and O–H groups in total. The van der Waals surface area contributed by atoms with Gasteiger partial charge in [0.05, 0.1) is 11.1 Å². The SMILES string of the molecule is O=C(NC12CC3CC4CCC1(C2)C4C3)c1cn(-c2ccc(F)cc2F)c2nc(N3CCC(F)CC3)ccc2c1=O. The highest BCUT2D eigenvalue weighted by atomic mass is 19.1. The van der Waals surface area contributed by atoms with Gasteiger partial charge >= 0.3 is 0 Å². The van der Waals surface area contributed by atoms with Gasteiger partial charge in [0.25, 0.3) is 5.91 Å². The molecule has 8 rings (SSSR count). The van der Waals surface area contributed by atoms with Gasteiger partial charge in [-0.15, -0.1) is 0 Å². The number of benzene rings is 1. The summed E-state index contributed by atoms with van der Waals surface area (Å²) >= 11 is 0.